The number of aromatic amines is 1. The number of rotatable bonds is 2. The van der Waals surface area contributed by atoms with Crippen molar-refractivity contribution >= 4 is 45.0 Å². The van der Waals surface area contributed by atoms with E-state index in [1.54, 1.807) is 48.5 Å². The second kappa shape index (κ2) is 5.86. The zero-order valence-corrected chi connectivity index (χ0v) is 13.6. The molecule has 1 amide bonds. The van der Waals surface area contributed by atoms with E-state index in [2.05, 4.69) is 26.3 Å². The lowest BCUT2D eigenvalue weighted by Crippen LogP contribution is -2.34. The van der Waals surface area contributed by atoms with Crippen molar-refractivity contribution in [2.24, 2.45) is 0 Å². The number of hydrogen-bond acceptors (Lipinski definition) is 3. The van der Waals surface area contributed by atoms with E-state index in [4.69, 9.17) is 12.2 Å². The van der Waals surface area contributed by atoms with Gasteiger partial charge in [-0.15, -0.1) is 0 Å². The maximum atomic E-state index is 12.4. The highest BCUT2D eigenvalue weighted by molar-refractivity contribution is 9.10. The zero-order chi connectivity index (χ0) is 15.7. The van der Waals surface area contributed by atoms with Gasteiger partial charge in [-0.05, 0) is 48.6 Å². The van der Waals surface area contributed by atoms with Gasteiger partial charge >= 0.3 is 0 Å². The normalized spacial score (nSPS) is 10.6. The van der Waals surface area contributed by atoms with Crippen molar-refractivity contribution in [1.29, 1.82) is 0 Å². The van der Waals surface area contributed by atoms with Crippen LogP contribution in [0.1, 0.15) is 10.4 Å². The van der Waals surface area contributed by atoms with Crippen LogP contribution in [0.5, 0.6) is 0 Å². The van der Waals surface area contributed by atoms with Crippen LogP contribution in [0, 0.1) is 4.77 Å². The van der Waals surface area contributed by atoms with Gasteiger partial charge in [0.15, 0.2) is 4.77 Å². The van der Waals surface area contributed by atoms with Crippen molar-refractivity contribution in [2.45, 2.75) is 0 Å². The van der Waals surface area contributed by atoms with Crippen LogP contribution in [0.2, 0.25) is 0 Å². The van der Waals surface area contributed by atoms with E-state index in [0.29, 0.717) is 16.5 Å². The first-order valence-corrected chi connectivity index (χ1v) is 7.57. The lowest BCUT2D eigenvalue weighted by atomic mass is 10.2. The van der Waals surface area contributed by atoms with E-state index in [9.17, 15) is 9.59 Å². The molecule has 0 saturated heterocycles. The van der Waals surface area contributed by atoms with Crippen LogP contribution >= 0.6 is 28.1 Å². The number of nitrogens with one attached hydrogen (secondary N) is 2. The molecule has 110 valence electrons. The molecule has 7 heteroatoms. The standard InChI is InChI=1S/C15H10BrN3O2S/c16-10-7-5-9(6-8-10)13(20)18-19-14(21)11-3-1-2-4-12(11)17-15(19)22/h1-8H,(H,17,22)(H,18,20). The van der Waals surface area contributed by atoms with Gasteiger partial charge in [0.1, 0.15) is 0 Å². The predicted molar refractivity (Wildman–Crippen MR) is 91.2 cm³/mol. The molecule has 2 aromatic carbocycles. The van der Waals surface area contributed by atoms with Crippen molar-refractivity contribution in [2.75, 3.05) is 5.43 Å². The van der Waals surface area contributed by atoms with E-state index < -0.39 is 5.91 Å². The number of benzene rings is 2. The molecule has 5 nitrogen and oxygen atoms in total. The molecule has 3 aromatic rings. The summed E-state index contributed by atoms with van der Waals surface area (Å²) in [5.74, 6) is -0.413. The summed E-state index contributed by atoms with van der Waals surface area (Å²) in [7, 11) is 0. The highest BCUT2D eigenvalue weighted by atomic mass is 79.9. The van der Waals surface area contributed by atoms with Gasteiger partial charge in [0.05, 0.1) is 10.9 Å². The van der Waals surface area contributed by atoms with Crippen LogP contribution in [-0.2, 0) is 0 Å². The van der Waals surface area contributed by atoms with Crippen LogP contribution in [0.3, 0.4) is 0 Å². The summed E-state index contributed by atoms with van der Waals surface area (Å²) in [6.07, 6.45) is 0. The predicted octanol–water partition coefficient (Wildman–Crippen LogP) is 3.21. The van der Waals surface area contributed by atoms with Gasteiger partial charge in [-0.3, -0.25) is 15.0 Å². The fourth-order valence-corrected chi connectivity index (χ4v) is 2.53. The van der Waals surface area contributed by atoms with Gasteiger partial charge in [-0.2, -0.15) is 4.68 Å². The van der Waals surface area contributed by atoms with Crippen LogP contribution in [0.25, 0.3) is 10.9 Å². The summed E-state index contributed by atoms with van der Waals surface area (Å²) < 4.78 is 2.04. The van der Waals surface area contributed by atoms with Crippen molar-refractivity contribution < 1.29 is 4.79 Å². The summed E-state index contributed by atoms with van der Waals surface area (Å²) in [5, 5.41) is 0.451. The Hall–Kier alpha value is -2.25. The molecular weight excluding hydrogens is 366 g/mol. The third-order valence-corrected chi connectivity index (χ3v) is 3.94. The molecule has 0 spiro atoms. The number of halogens is 1. The fourth-order valence-electron chi connectivity index (χ4n) is 2.03. The van der Waals surface area contributed by atoms with Crippen LogP contribution in [0.15, 0.2) is 57.8 Å². The third-order valence-electron chi connectivity index (χ3n) is 3.13. The van der Waals surface area contributed by atoms with E-state index in [1.165, 1.54) is 0 Å². The van der Waals surface area contributed by atoms with E-state index in [1.807, 2.05) is 0 Å². The summed E-state index contributed by atoms with van der Waals surface area (Å²) in [5.41, 5.74) is 3.21. The maximum absolute atomic E-state index is 12.4. The number of fused-ring (bicyclic) bond motifs is 1. The topological polar surface area (TPSA) is 66.9 Å². The molecule has 0 aliphatic carbocycles. The van der Waals surface area contributed by atoms with Gasteiger partial charge in [0.2, 0.25) is 0 Å². The number of aromatic nitrogens is 2. The van der Waals surface area contributed by atoms with Crippen molar-refractivity contribution in [1.82, 2.24) is 9.66 Å². The molecule has 22 heavy (non-hydrogen) atoms. The summed E-state index contributed by atoms with van der Waals surface area (Å²) in [4.78, 5) is 27.6. The number of nitrogens with zero attached hydrogens (tertiary/aromatic N) is 1. The van der Waals surface area contributed by atoms with Gasteiger partial charge < -0.3 is 4.98 Å². The highest BCUT2D eigenvalue weighted by Gasteiger charge is 2.10. The monoisotopic (exact) mass is 375 g/mol. The largest absolute Gasteiger partial charge is 0.330 e. The molecule has 0 saturated carbocycles. The highest BCUT2D eigenvalue weighted by Crippen LogP contribution is 2.11. The molecule has 3 rings (SSSR count). The van der Waals surface area contributed by atoms with Crippen LogP contribution in [-0.4, -0.2) is 15.6 Å². The van der Waals surface area contributed by atoms with Gasteiger partial charge in [0.25, 0.3) is 11.5 Å². The van der Waals surface area contributed by atoms with Gasteiger partial charge in [-0.1, -0.05) is 28.1 Å². The van der Waals surface area contributed by atoms with Crippen LogP contribution in [0.4, 0.5) is 0 Å². The number of hydrogen-bond donors (Lipinski definition) is 2. The molecule has 0 radical (unpaired) electrons. The van der Waals surface area contributed by atoms with E-state index in [0.717, 1.165) is 9.15 Å². The lowest BCUT2D eigenvalue weighted by molar-refractivity contribution is 0.101. The number of amides is 1. The SMILES string of the molecule is O=C(Nn1c(=S)[nH]c2ccccc2c1=O)c1ccc(Br)cc1. The second-order valence-electron chi connectivity index (χ2n) is 4.56. The van der Waals surface area contributed by atoms with E-state index >= 15 is 0 Å². The molecule has 0 bridgehead atoms. The summed E-state index contributed by atoms with van der Waals surface area (Å²) in [6, 6.07) is 13.8. The fraction of sp³-hybridized carbons (Fsp3) is 0. The molecule has 0 atom stereocenters. The average Bonchev–Trinajstić information content (AvgIpc) is 2.52. The maximum Gasteiger partial charge on any atom is 0.281 e. The van der Waals surface area contributed by atoms with E-state index in [-0.39, 0.29) is 10.3 Å². The molecule has 2 N–H and O–H groups in total. The van der Waals surface area contributed by atoms with Crippen molar-refractivity contribution in [3.63, 3.8) is 0 Å². The minimum atomic E-state index is -0.413. The zero-order valence-electron chi connectivity index (χ0n) is 11.2. The Morgan fingerprint density at radius 1 is 1.14 bits per heavy atom. The first-order valence-electron chi connectivity index (χ1n) is 6.37. The quantitative estimate of drug-likeness (QED) is 0.675. The third kappa shape index (κ3) is 2.72. The Labute approximate surface area is 138 Å². The Balaban J connectivity index is 2.04. The number of carbonyl (C=O) groups excluding carboxylic acids is 1. The molecule has 0 unspecified atom stereocenters. The molecule has 0 aliphatic rings. The Bertz CT molecular complexity index is 976. The first-order chi connectivity index (χ1) is 10.6. The number of H-pyrrole nitrogens is 1. The summed E-state index contributed by atoms with van der Waals surface area (Å²) in [6.45, 7) is 0. The van der Waals surface area contributed by atoms with Crippen LogP contribution < -0.4 is 11.0 Å². The Morgan fingerprint density at radius 2 is 1.82 bits per heavy atom. The van der Waals surface area contributed by atoms with Crippen molar-refractivity contribution in [3.05, 3.63) is 73.7 Å². The molecular formula is C15H10BrN3O2S. The van der Waals surface area contributed by atoms with Crippen molar-refractivity contribution in [3.8, 4) is 0 Å². The molecule has 1 heterocycles. The Kier molecular flexibility index (Phi) is 3.91. The molecule has 0 aliphatic heterocycles. The average molecular weight is 376 g/mol. The second-order valence-corrected chi connectivity index (χ2v) is 5.87. The van der Waals surface area contributed by atoms with Gasteiger partial charge in [0, 0.05) is 10.0 Å². The first kappa shape index (κ1) is 14.7. The van der Waals surface area contributed by atoms with Gasteiger partial charge in [-0.25, -0.2) is 0 Å². The summed E-state index contributed by atoms with van der Waals surface area (Å²) >= 11 is 8.44. The number of para-hydroxylation sites is 1. The minimum absolute atomic E-state index is 0.133. The number of carbonyl (C=O) groups is 1. The molecule has 1 aromatic heterocycles. The Morgan fingerprint density at radius 3 is 2.55 bits per heavy atom. The minimum Gasteiger partial charge on any atom is -0.330 e. The molecule has 0 fully saturated rings. The lowest BCUT2D eigenvalue weighted by Gasteiger charge is -2.09. The smallest absolute Gasteiger partial charge is 0.281 e.